The Labute approximate surface area is 105 Å². The van der Waals surface area contributed by atoms with Gasteiger partial charge in [0.15, 0.2) is 0 Å². The molecule has 1 aromatic heterocycles. The zero-order valence-corrected chi connectivity index (χ0v) is 10.4. The molecule has 100 valence electrons. The fraction of sp³-hybridized carbons (Fsp3) is 0.583. The van der Waals surface area contributed by atoms with E-state index in [4.69, 9.17) is 4.42 Å². The summed E-state index contributed by atoms with van der Waals surface area (Å²) in [7, 11) is 1.30. The summed E-state index contributed by atoms with van der Waals surface area (Å²) in [6.07, 6.45) is -1.44. The van der Waals surface area contributed by atoms with Gasteiger partial charge < -0.3 is 19.4 Å². The second kappa shape index (κ2) is 5.09. The Kier molecular flexibility index (Phi) is 3.70. The molecule has 1 aliphatic heterocycles. The number of β-amino-alcohol motifs (C(OH)–C–C–N with tert-alkyl or cyclic N) is 2. The maximum absolute atomic E-state index is 11.4. The van der Waals surface area contributed by atoms with Crippen molar-refractivity contribution in [1.82, 2.24) is 4.90 Å². The lowest BCUT2D eigenvalue weighted by Gasteiger charge is -2.11. The van der Waals surface area contributed by atoms with Gasteiger partial charge in [0.1, 0.15) is 5.76 Å². The number of aliphatic hydroxyl groups excluding tert-OH is 2. The molecule has 0 radical (unpaired) electrons. The van der Waals surface area contributed by atoms with Crippen molar-refractivity contribution in [2.45, 2.75) is 25.7 Å². The lowest BCUT2D eigenvalue weighted by atomic mass is 10.2. The van der Waals surface area contributed by atoms with Crippen LogP contribution >= 0.6 is 0 Å². The molecule has 1 saturated heterocycles. The summed E-state index contributed by atoms with van der Waals surface area (Å²) in [5.41, 5.74) is 0.720. The third-order valence-electron chi connectivity index (χ3n) is 3.05. The lowest BCUT2D eigenvalue weighted by Crippen LogP contribution is -2.22. The second-order valence-electron chi connectivity index (χ2n) is 4.55. The maximum Gasteiger partial charge on any atom is 0.374 e. The Hall–Kier alpha value is -1.37. The molecule has 0 aromatic carbocycles. The number of ether oxygens (including phenoxy) is 1. The monoisotopic (exact) mass is 255 g/mol. The average Bonchev–Trinajstić information content (AvgIpc) is 2.82. The van der Waals surface area contributed by atoms with Gasteiger partial charge in [-0.2, -0.15) is 0 Å². The zero-order chi connectivity index (χ0) is 13.3. The van der Waals surface area contributed by atoms with Crippen LogP contribution in [0.3, 0.4) is 0 Å². The first kappa shape index (κ1) is 13.1. The van der Waals surface area contributed by atoms with E-state index in [1.807, 2.05) is 4.90 Å². The van der Waals surface area contributed by atoms with E-state index in [-0.39, 0.29) is 5.76 Å². The largest absolute Gasteiger partial charge is 0.463 e. The van der Waals surface area contributed by atoms with Crippen molar-refractivity contribution >= 4 is 5.97 Å². The number of aliphatic hydroxyl groups is 2. The molecule has 1 aliphatic rings. The van der Waals surface area contributed by atoms with Crippen LogP contribution in [-0.4, -0.2) is 53.5 Å². The number of rotatable bonds is 3. The van der Waals surface area contributed by atoms with Crippen LogP contribution in [0, 0.1) is 6.92 Å². The van der Waals surface area contributed by atoms with E-state index in [1.54, 1.807) is 13.0 Å². The summed E-state index contributed by atoms with van der Waals surface area (Å²) in [4.78, 5) is 13.2. The first-order valence-electron chi connectivity index (χ1n) is 5.77. The number of hydrogen-bond acceptors (Lipinski definition) is 6. The summed E-state index contributed by atoms with van der Waals surface area (Å²) >= 11 is 0. The van der Waals surface area contributed by atoms with Crippen LogP contribution in [0.1, 0.15) is 21.9 Å². The smallest absolute Gasteiger partial charge is 0.374 e. The molecule has 0 amide bonds. The van der Waals surface area contributed by atoms with Gasteiger partial charge in [-0.15, -0.1) is 0 Å². The molecular weight excluding hydrogens is 238 g/mol. The van der Waals surface area contributed by atoms with Crippen LogP contribution in [0.4, 0.5) is 0 Å². The molecule has 2 rings (SSSR count). The van der Waals surface area contributed by atoms with Crippen molar-refractivity contribution in [1.29, 1.82) is 0 Å². The van der Waals surface area contributed by atoms with E-state index in [9.17, 15) is 15.0 Å². The number of carbonyl (C=O) groups is 1. The number of likely N-dealkylation sites (tertiary alicyclic amines) is 1. The fourth-order valence-electron chi connectivity index (χ4n) is 2.12. The predicted molar refractivity (Wildman–Crippen MR) is 62.1 cm³/mol. The molecule has 2 atom stereocenters. The second-order valence-corrected chi connectivity index (χ2v) is 4.55. The van der Waals surface area contributed by atoms with Gasteiger partial charge in [0.05, 0.1) is 25.9 Å². The SMILES string of the molecule is COC(=O)c1oc(CN2C[C@@H](O)[C@@H](O)C2)cc1C. The topological polar surface area (TPSA) is 83.1 Å². The number of nitrogens with zero attached hydrogens (tertiary/aromatic N) is 1. The van der Waals surface area contributed by atoms with Gasteiger partial charge in [0, 0.05) is 18.7 Å². The Morgan fingerprint density at radius 1 is 1.50 bits per heavy atom. The summed E-state index contributed by atoms with van der Waals surface area (Å²) in [6, 6.07) is 1.77. The molecule has 1 aromatic rings. The highest BCUT2D eigenvalue weighted by molar-refractivity contribution is 5.87. The van der Waals surface area contributed by atoms with Crippen LogP contribution in [0.2, 0.25) is 0 Å². The number of aryl methyl sites for hydroxylation is 1. The van der Waals surface area contributed by atoms with Crippen LogP contribution in [-0.2, 0) is 11.3 Å². The third-order valence-corrected chi connectivity index (χ3v) is 3.05. The van der Waals surface area contributed by atoms with Crippen molar-refractivity contribution in [3.05, 3.63) is 23.2 Å². The van der Waals surface area contributed by atoms with Gasteiger partial charge in [-0.05, 0) is 13.0 Å². The Morgan fingerprint density at radius 3 is 2.67 bits per heavy atom. The quantitative estimate of drug-likeness (QED) is 0.735. The molecule has 6 nitrogen and oxygen atoms in total. The molecule has 0 unspecified atom stereocenters. The number of esters is 1. The van der Waals surface area contributed by atoms with E-state index < -0.39 is 18.2 Å². The van der Waals surface area contributed by atoms with Crippen molar-refractivity contribution in [2.24, 2.45) is 0 Å². The van der Waals surface area contributed by atoms with Gasteiger partial charge in [0.2, 0.25) is 5.76 Å². The molecule has 0 aliphatic carbocycles. The van der Waals surface area contributed by atoms with Gasteiger partial charge in [-0.1, -0.05) is 0 Å². The lowest BCUT2D eigenvalue weighted by molar-refractivity contribution is 0.0560. The highest BCUT2D eigenvalue weighted by atomic mass is 16.5. The minimum absolute atomic E-state index is 0.202. The molecular formula is C12H17NO5. The first-order valence-corrected chi connectivity index (χ1v) is 5.77. The van der Waals surface area contributed by atoms with Crippen LogP contribution < -0.4 is 0 Å². The summed E-state index contributed by atoms with van der Waals surface area (Å²) < 4.78 is 10.0. The summed E-state index contributed by atoms with van der Waals surface area (Å²) in [5, 5.41) is 18.9. The highest BCUT2D eigenvalue weighted by Crippen LogP contribution is 2.19. The predicted octanol–water partition coefficient (Wildman–Crippen LogP) is -0.0880. The van der Waals surface area contributed by atoms with Gasteiger partial charge in [-0.3, -0.25) is 4.90 Å². The van der Waals surface area contributed by atoms with E-state index in [2.05, 4.69) is 4.74 Å². The van der Waals surface area contributed by atoms with E-state index in [0.29, 0.717) is 25.4 Å². The first-order chi connectivity index (χ1) is 8.51. The van der Waals surface area contributed by atoms with Gasteiger partial charge >= 0.3 is 5.97 Å². The Morgan fingerprint density at radius 2 is 2.11 bits per heavy atom. The van der Waals surface area contributed by atoms with E-state index >= 15 is 0 Å². The van der Waals surface area contributed by atoms with Gasteiger partial charge in [-0.25, -0.2) is 4.79 Å². The molecule has 0 bridgehead atoms. The number of carbonyl (C=O) groups excluding carboxylic acids is 1. The molecule has 2 heterocycles. The molecule has 18 heavy (non-hydrogen) atoms. The minimum Gasteiger partial charge on any atom is -0.463 e. The Bertz CT molecular complexity index is 432. The van der Waals surface area contributed by atoms with Crippen molar-refractivity contribution in [3.63, 3.8) is 0 Å². The molecule has 0 saturated carbocycles. The van der Waals surface area contributed by atoms with Crippen molar-refractivity contribution in [3.8, 4) is 0 Å². The fourth-order valence-corrected chi connectivity index (χ4v) is 2.12. The molecule has 6 heteroatoms. The number of methoxy groups -OCH3 is 1. The maximum atomic E-state index is 11.4. The third kappa shape index (κ3) is 2.55. The zero-order valence-electron chi connectivity index (χ0n) is 10.4. The summed E-state index contributed by atoms with van der Waals surface area (Å²) in [6.45, 7) is 3.02. The normalized spacial score (nSPS) is 24.4. The minimum atomic E-state index is -0.721. The van der Waals surface area contributed by atoms with Crippen LogP contribution in [0.5, 0.6) is 0 Å². The molecule has 2 N–H and O–H groups in total. The molecule has 0 spiro atoms. The van der Waals surface area contributed by atoms with Crippen molar-refractivity contribution < 1.29 is 24.2 Å². The van der Waals surface area contributed by atoms with Crippen LogP contribution in [0.25, 0.3) is 0 Å². The number of hydrogen-bond donors (Lipinski definition) is 2. The number of furan rings is 1. The Balaban J connectivity index is 2.05. The highest BCUT2D eigenvalue weighted by Gasteiger charge is 2.30. The average molecular weight is 255 g/mol. The summed E-state index contributed by atoms with van der Waals surface area (Å²) in [5.74, 6) is 0.322. The van der Waals surface area contributed by atoms with Crippen LogP contribution in [0.15, 0.2) is 10.5 Å². The molecule has 1 fully saturated rings. The van der Waals surface area contributed by atoms with E-state index in [0.717, 1.165) is 5.56 Å². The standard InChI is InChI=1S/C12H17NO5/c1-7-3-8(18-11(7)12(16)17-2)4-13-5-9(14)10(15)6-13/h3,9-10,14-15H,4-6H2,1-2H3/t9-,10+. The van der Waals surface area contributed by atoms with Crippen molar-refractivity contribution in [2.75, 3.05) is 20.2 Å². The van der Waals surface area contributed by atoms with Gasteiger partial charge in [0.25, 0.3) is 0 Å². The van der Waals surface area contributed by atoms with E-state index in [1.165, 1.54) is 7.11 Å².